The Kier molecular flexibility index (Phi) is 3.85. The molecule has 19 heavy (non-hydrogen) atoms. The molecule has 0 fully saturated rings. The second-order valence-corrected chi connectivity index (χ2v) is 4.41. The van der Waals surface area contributed by atoms with E-state index in [0.29, 0.717) is 16.5 Å². The van der Waals surface area contributed by atoms with Gasteiger partial charge in [0.2, 0.25) is 0 Å². The minimum atomic E-state index is -0.487. The van der Waals surface area contributed by atoms with Gasteiger partial charge in [-0.25, -0.2) is 4.39 Å². The summed E-state index contributed by atoms with van der Waals surface area (Å²) in [7, 11) is 1.43. The van der Waals surface area contributed by atoms with Gasteiger partial charge in [0.05, 0.1) is 29.6 Å². The van der Waals surface area contributed by atoms with Crippen LogP contribution in [-0.2, 0) is 6.54 Å². The summed E-state index contributed by atoms with van der Waals surface area (Å²) in [6.07, 6.45) is 1.47. The van der Waals surface area contributed by atoms with E-state index in [0.717, 1.165) is 6.07 Å². The Bertz CT molecular complexity index is 625. The largest absolute Gasteiger partial charge is 0.496 e. The van der Waals surface area contributed by atoms with Crippen molar-refractivity contribution in [2.75, 3.05) is 7.11 Å². The van der Waals surface area contributed by atoms with Gasteiger partial charge in [0.25, 0.3) is 0 Å². The van der Waals surface area contributed by atoms with Gasteiger partial charge in [0.1, 0.15) is 18.1 Å². The van der Waals surface area contributed by atoms with Crippen LogP contribution in [0, 0.1) is 12.7 Å². The van der Waals surface area contributed by atoms with Crippen molar-refractivity contribution in [3.63, 3.8) is 0 Å². The lowest BCUT2D eigenvalue weighted by molar-refractivity contribution is 0.0963. The molecule has 0 amide bonds. The maximum atomic E-state index is 13.2. The molecular weight excluding hydrogens is 271 g/mol. The summed E-state index contributed by atoms with van der Waals surface area (Å²) in [6.45, 7) is 1.74. The van der Waals surface area contributed by atoms with E-state index in [1.807, 2.05) is 0 Å². The Morgan fingerprint density at radius 2 is 2.26 bits per heavy atom. The first kappa shape index (κ1) is 13.5. The molecule has 2 aromatic rings. The fraction of sp³-hybridized carbons (Fsp3) is 0.231. The highest BCUT2D eigenvalue weighted by atomic mass is 35.5. The number of carbonyl (C=O) groups is 1. The van der Waals surface area contributed by atoms with Crippen molar-refractivity contribution in [3.8, 4) is 5.75 Å². The smallest absolute Gasteiger partial charge is 0.188 e. The van der Waals surface area contributed by atoms with E-state index in [1.165, 1.54) is 30.1 Å². The Morgan fingerprint density at radius 1 is 1.53 bits per heavy atom. The van der Waals surface area contributed by atoms with Crippen LogP contribution in [0.2, 0.25) is 5.02 Å². The van der Waals surface area contributed by atoms with Crippen molar-refractivity contribution >= 4 is 17.4 Å². The van der Waals surface area contributed by atoms with Crippen molar-refractivity contribution in [1.29, 1.82) is 0 Å². The molecule has 0 N–H and O–H groups in total. The third-order valence-electron chi connectivity index (χ3n) is 2.80. The number of aromatic nitrogens is 2. The lowest BCUT2D eigenvalue weighted by Gasteiger charge is -2.08. The van der Waals surface area contributed by atoms with Crippen molar-refractivity contribution in [1.82, 2.24) is 9.78 Å². The number of Topliss-reactive ketones (excluding diaryl/α,β-unsaturated/α-hetero) is 1. The van der Waals surface area contributed by atoms with E-state index in [2.05, 4.69) is 5.10 Å². The lowest BCUT2D eigenvalue weighted by Crippen LogP contribution is -2.14. The van der Waals surface area contributed by atoms with Crippen LogP contribution in [0.4, 0.5) is 4.39 Å². The zero-order valence-corrected chi connectivity index (χ0v) is 11.2. The van der Waals surface area contributed by atoms with Crippen molar-refractivity contribution < 1.29 is 13.9 Å². The van der Waals surface area contributed by atoms with Gasteiger partial charge in [-0.2, -0.15) is 5.10 Å². The van der Waals surface area contributed by atoms with Crippen LogP contribution in [0.5, 0.6) is 5.75 Å². The first-order chi connectivity index (χ1) is 9.02. The third-order valence-corrected chi connectivity index (χ3v) is 3.17. The van der Waals surface area contributed by atoms with Crippen LogP contribution < -0.4 is 4.74 Å². The number of rotatable bonds is 4. The van der Waals surface area contributed by atoms with E-state index in [4.69, 9.17) is 16.3 Å². The molecule has 1 aromatic carbocycles. The van der Waals surface area contributed by atoms with E-state index in [9.17, 15) is 9.18 Å². The van der Waals surface area contributed by atoms with Gasteiger partial charge in [-0.15, -0.1) is 0 Å². The predicted molar refractivity (Wildman–Crippen MR) is 69.3 cm³/mol. The summed E-state index contributed by atoms with van der Waals surface area (Å²) in [5.41, 5.74) is 0.874. The Morgan fingerprint density at radius 3 is 2.84 bits per heavy atom. The Hall–Kier alpha value is -1.88. The highest BCUT2D eigenvalue weighted by Crippen LogP contribution is 2.21. The van der Waals surface area contributed by atoms with E-state index in [1.54, 1.807) is 6.92 Å². The molecule has 2 rings (SSSR count). The molecule has 0 spiro atoms. The zero-order valence-electron chi connectivity index (χ0n) is 10.5. The van der Waals surface area contributed by atoms with Crippen molar-refractivity contribution in [2.24, 2.45) is 0 Å². The standard InChI is InChI=1S/C13H12ClFN2O2/c1-8-11(14)6-16-17(8)7-12(18)10-5-9(15)3-4-13(10)19-2/h3-6H,7H2,1-2H3. The zero-order chi connectivity index (χ0) is 14.0. The molecule has 0 saturated carbocycles. The maximum Gasteiger partial charge on any atom is 0.188 e. The molecule has 0 atom stereocenters. The summed E-state index contributed by atoms with van der Waals surface area (Å²) in [5.74, 6) is -0.444. The predicted octanol–water partition coefficient (Wildman–Crippen LogP) is 2.88. The molecule has 100 valence electrons. The van der Waals surface area contributed by atoms with Crippen molar-refractivity contribution in [3.05, 3.63) is 46.5 Å². The summed E-state index contributed by atoms with van der Waals surface area (Å²) in [5, 5.41) is 4.47. The fourth-order valence-corrected chi connectivity index (χ4v) is 1.84. The first-order valence-electron chi connectivity index (χ1n) is 5.57. The summed E-state index contributed by atoms with van der Waals surface area (Å²) in [6, 6.07) is 3.82. The normalized spacial score (nSPS) is 10.5. The monoisotopic (exact) mass is 282 g/mol. The van der Waals surface area contributed by atoms with Gasteiger partial charge in [0.15, 0.2) is 5.78 Å². The molecule has 6 heteroatoms. The second kappa shape index (κ2) is 5.40. The SMILES string of the molecule is COc1ccc(F)cc1C(=O)Cn1ncc(Cl)c1C. The number of hydrogen-bond acceptors (Lipinski definition) is 3. The van der Waals surface area contributed by atoms with Crippen LogP contribution in [0.25, 0.3) is 0 Å². The molecule has 0 bridgehead atoms. The summed E-state index contributed by atoms with van der Waals surface area (Å²) < 4.78 is 19.7. The number of nitrogens with zero attached hydrogens (tertiary/aromatic N) is 2. The van der Waals surface area contributed by atoms with Crippen LogP contribution in [0.1, 0.15) is 16.1 Å². The topological polar surface area (TPSA) is 44.1 Å². The first-order valence-corrected chi connectivity index (χ1v) is 5.95. The average molecular weight is 283 g/mol. The van der Waals surface area contributed by atoms with Gasteiger partial charge in [-0.1, -0.05) is 11.6 Å². The second-order valence-electron chi connectivity index (χ2n) is 4.00. The average Bonchev–Trinajstić information content (AvgIpc) is 2.70. The molecule has 0 aliphatic heterocycles. The van der Waals surface area contributed by atoms with Gasteiger partial charge in [0, 0.05) is 0 Å². The highest BCUT2D eigenvalue weighted by molar-refractivity contribution is 6.31. The Balaban J connectivity index is 2.30. The lowest BCUT2D eigenvalue weighted by atomic mass is 10.1. The van der Waals surface area contributed by atoms with Crippen LogP contribution >= 0.6 is 11.6 Å². The van der Waals surface area contributed by atoms with E-state index < -0.39 is 5.82 Å². The molecule has 0 aliphatic carbocycles. The van der Waals surface area contributed by atoms with Gasteiger partial charge < -0.3 is 4.74 Å². The Labute approximate surface area is 114 Å². The molecule has 1 aromatic heterocycles. The molecule has 4 nitrogen and oxygen atoms in total. The number of carbonyl (C=O) groups excluding carboxylic acids is 1. The summed E-state index contributed by atoms with van der Waals surface area (Å²) in [4.78, 5) is 12.2. The van der Waals surface area contributed by atoms with Crippen LogP contribution in [-0.4, -0.2) is 22.7 Å². The van der Waals surface area contributed by atoms with Gasteiger partial charge in [-0.05, 0) is 25.1 Å². The molecule has 0 aliphatic rings. The number of ether oxygens (including phenoxy) is 1. The van der Waals surface area contributed by atoms with Crippen LogP contribution in [0.3, 0.4) is 0 Å². The number of benzene rings is 1. The highest BCUT2D eigenvalue weighted by Gasteiger charge is 2.16. The van der Waals surface area contributed by atoms with E-state index >= 15 is 0 Å². The number of methoxy groups -OCH3 is 1. The fourth-order valence-electron chi connectivity index (χ4n) is 1.70. The maximum absolute atomic E-state index is 13.2. The molecule has 1 heterocycles. The molecule has 0 radical (unpaired) electrons. The van der Waals surface area contributed by atoms with Crippen molar-refractivity contribution in [2.45, 2.75) is 13.5 Å². The minimum absolute atomic E-state index is 0.0155. The van der Waals surface area contributed by atoms with E-state index in [-0.39, 0.29) is 17.9 Å². The quantitative estimate of drug-likeness (QED) is 0.810. The minimum Gasteiger partial charge on any atom is -0.496 e. The molecular formula is C13H12ClFN2O2. The number of hydrogen-bond donors (Lipinski definition) is 0. The molecule has 0 unspecified atom stereocenters. The van der Waals surface area contributed by atoms with Crippen LogP contribution in [0.15, 0.2) is 24.4 Å². The third kappa shape index (κ3) is 2.76. The van der Waals surface area contributed by atoms with Gasteiger partial charge in [-0.3, -0.25) is 9.48 Å². The summed E-state index contributed by atoms with van der Waals surface area (Å²) >= 11 is 5.86. The number of ketones is 1. The molecule has 0 saturated heterocycles. The number of halogens is 2. The van der Waals surface area contributed by atoms with Gasteiger partial charge >= 0.3 is 0 Å².